The molecule has 2 N–H and O–H groups in total. The number of benzene rings is 3. The van der Waals surface area contributed by atoms with E-state index in [4.69, 9.17) is 17.3 Å². The number of nitriles is 1. The molecule has 1 heterocycles. The molecule has 1 unspecified atom stereocenters. The third-order valence-corrected chi connectivity index (χ3v) is 9.24. The summed E-state index contributed by atoms with van der Waals surface area (Å²) in [6.45, 7) is 6.13. The van der Waals surface area contributed by atoms with Crippen LogP contribution >= 0.6 is 23.4 Å². The van der Waals surface area contributed by atoms with Crippen molar-refractivity contribution in [3.05, 3.63) is 122 Å². The van der Waals surface area contributed by atoms with Crippen molar-refractivity contribution in [3.8, 4) is 6.07 Å². The maximum atomic E-state index is 13.6. The van der Waals surface area contributed by atoms with Gasteiger partial charge in [-0.05, 0) is 73.6 Å². The lowest BCUT2D eigenvalue weighted by Crippen LogP contribution is -2.39. The summed E-state index contributed by atoms with van der Waals surface area (Å²) < 4.78 is 0. The number of nitrogens with two attached hydrogens (primary N) is 1. The minimum Gasteiger partial charge on any atom is -0.384 e. The van der Waals surface area contributed by atoms with Crippen LogP contribution in [0.2, 0.25) is 5.02 Å². The summed E-state index contributed by atoms with van der Waals surface area (Å²) in [4.78, 5) is 15.5. The zero-order chi connectivity index (χ0) is 27.7. The van der Waals surface area contributed by atoms with Gasteiger partial charge in [-0.3, -0.25) is 9.69 Å². The van der Waals surface area contributed by atoms with E-state index in [1.54, 1.807) is 0 Å². The third kappa shape index (κ3) is 5.12. The van der Waals surface area contributed by atoms with Crippen molar-refractivity contribution in [2.24, 2.45) is 5.73 Å². The summed E-state index contributed by atoms with van der Waals surface area (Å²) in [5, 5.41) is 11.1. The lowest BCUT2D eigenvalue weighted by atomic mass is 9.73. The van der Waals surface area contributed by atoms with Crippen LogP contribution in [-0.2, 0) is 16.3 Å². The Morgan fingerprint density at radius 1 is 1.03 bits per heavy atom. The van der Waals surface area contributed by atoms with Crippen molar-refractivity contribution in [1.29, 1.82) is 5.26 Å². The van der Waals surface area contributed by atoms with E-state index in [1.807, 2.05) is 47.9 Å². The van der Waals surface area contributed by atoms with Crippen molar-refractivity contribution in [2.45, 2.75) is 57.5 Å². The predicted molar refractivity (Wildman–Crippen MR) is 161 cm³/mol. The molecule has 3 aromatic carbocycles. The Morgan fingerprint density at radius 2 is 1.79 bits per heavy atom. The fourth-order valence-corrected chi connectivity index (χ4v) is 7.00. The fraction of sp³-hybridized carbons (Fsp3) is 0.273. The fourth-order valence-electron chi connectivity index (χ4n) is 5.78. The minimum atomic E-state index is -0.480. The molecule has 0 saturated heterocycles. The molecule has 3 aromatic rings. The van der Waals surface area contributed by atoms with Crippen LogP contribution in [0, 0.1) is 32.1 Å². The van der Waals surface area contributed by atoms with Crippen LogP contribution in [0.25, 0.3) is 0 Å². The first kappa shape index (κ1) is 27.1. The van der Waals surface area contributed by atoms with E-state index >= 15 is 0 Å². The molecule has 1 aliphatic heterocycles. The Labute approximate surface area is 240 Å². The van der Waals surface area contributed by atoms with Gasteiger partial charge in [0, 0.05) is 34.2 Å². The van der Waals surface area contributed by atoms with Gasteiger partial charge >= 0.3 is 0 Å². The zero-order valence-electron chi connectivity index (χ0n) is 22.6. The average Bonchev–Trinajstić information content (AvgIpc) is 2.92. The largest absolute Gasteiger partial charge is 0.384 e. The van der Waals surface area contributed by atoms with Crippen LogP contribution in [0.1, 0.15) is 58.6 Å². The van der Waals surface area contributed by atoms with Crippen LogP contribution in [0.4, 0.5) is 5.69 Å². The highest BCUT2D eigenvalue weighted by Crippen LogP contribution is 2.48. The second kappa shape index (κ2) is 11.3. The standard InChI is InChI=1S/C33H32ClN3OS/c1-20-15-24(19-39-18-23-9-5-4-6-10-23)21(2)25(16-20)31-26(17-35)33(36)37(28-12-7-11-27(34)22(28)3)29-13-8-14-30(38)32(29)31/h4-7,9-12,15-16,31H,8,13-14,18-19,36H2,1-3H3. The van der Waals surface area contributed by atoms with Crippen LogP contribution in [-0.4, -0.2) is 5.78 Å². The number of hydrogen-bond acceptors (Lipinski definition) is 5. The molecule has 4 nitrogen and oxygen atoms in total. The normalized spacial score (nSPS) is 17.4. The van der Waals surface area contributed by atoms with Crippen LogP contribution in [0.5, 0.6) is 0 Å². The highest BCUT2D eigenvalue weighted by atomic mass is 35.5. The molecule has 1 atom stereocenters. The second-order valence-corrected chi connectivity index (χ2v) is 11.7. The van der Waals surface area contributed by atoms with Crippen molar-refractivity contribution in [2.75, 3.05) is 4.90 Å². The van der Waals surface area contributed by atoms with E-state index in [0.29, 0.717) is 34.8 Å². The molecule has 0 saturated carbocycles. The van der Waals surface area contributed by atoms with E-state index in [-0.39, 0.29) is 5.78 Å². The van der Waals surface area contributed by atoms with Crippen LogP contribution < -0.4 is 10.6 Å². The number of ketones is 1. The molecule has 2 aliphatic rings. The van der Waals surface area contributed by atoms with Gasteiger partial charge in [0.05, 0.1) is 23.2 Å². The summed E-state index contributed by atoms with van der Waals surface area (Å²) in [6.07, 6.45) is 1.94. The van der Waals surface area contributed by atoms with Crippen LogP contribution in [0.15, 0.2) is 83.3 Å². The minimum absolute atomic E-state index is 0.0899. The first-order valence-electron chi connectivity index (χ1n) is 13.2. The highest BCUT2D eigenvalue weighted by Gasteiger charge is 2.41. The van der Waals surface area contributed by atoms with Gasteiger partial charge in [-0.1, -0.05) is 65.7 Å². The Kier molecular flexibility index (Phi) is 7.88. The first-order valence-corrected chi connectivity index (χ1v) is 14.8. The average molecular weight is 554 g/mol. The molecular weight excluding hydrogens is 522 g/mol. The summed E-state index contributed by atoms with van der Waals surface area (Å²) in [5.74, 6) is 1.75. The molecule has 1 aliphatic carbocycles. The molecule has 0 aromatic heterocycles. The SMILES string of the molecule is Cc1cc(CSCc2ccccc2)c(C)c(C2C(C#N)=C(N)N(c3cccc(Cl)c3C)C3=C2C(=O)CCC3)c1. The van der Waals surface area contributed by atoms with Gasteiger partial charge in [0.25, 0.3) is 0 Å². The summed E-state index contributed by atoms with van der Waals surface area (Å²) >= 11 is 8.35. The van der Waals surface area contributed by atoms with E-state index in [1.165, 1.54) is 11.1 Å². The number of anilines is 1. The van der Waals surface area contributed by atoms with Gasteiger partial charge in [0.2, 0.25) is 0 Å². The maximum absolute atomic E-state index is 13.6. The molecule has 6 heteroatoms. The van der Waals surface area contributed by atoms with E-state index < -0.39 is 5.92 Å². The Hall–Kier alpha value is -3.46. The summed E-state index contributed by atoms with van der Waals surface area (Å²) in [7, 11) is 0. The number of hydrogen-bond donors (Lipinski definition) is 1. The molecule has 0 radical (unpaired) electrons. The molecule has 39 heavy (non-hydrogen) atoms. The van der Waals surface area contributed by atoms with Gasteiger partial charge in [0.15, 0.2) is 5.78 Å². The summed E-state index contributed by atoms with van der Waals surface area (Å²) in [5.41, 5.74) is 16.2. The van der Waals surface area contributed by atoms with E-state index in [0.717, 1.165) is 51.6 Å². The van der Waals surface area contributed by atoms with Gasteiger partial charge in [0.1, 0.15) is 5.82 Å². The lowest BCUT2D eigenvalue weighted by Gasteiger charge is -2.40. The van der Waals surface area contributed by atoms with Crippen molar-refractivity contribution < 1.29 is 4.79 Å². The molecule has 0 spiro atoms. The number of halogens is 1. The number of thioether (sulfide) groups is 1. The van der Waals surface area contributed by atoms with Gasteiger partial charge in [-0.2, -0.15) is 17.0 Å². The predicted octanol–water partition coefficient (Wildman–Crippen LogP) is 8.00. The number of carbonyl (C=O) groups is 1. The molecule has 5 rings (SSSR count). The van der Waals surface area contributed by atoms with Crippen molar-refractivity contribution in [3.63, 3.8) is 0 Å². The van der Waals surface area contributed by atoms with Crippen molar-refractivity contribution in [1.82, 2.24) is 0 Å². The number of rotatable bonds is 6. The quantitative estimate of drug-likeness (QED) is 0.335. The third-order valence-electron chi connectivity index (χ3n) is 7.77. The smallest absolute Gasteiger partial charge is 0.161 e. The maximum Gasteiger partial charge on any atom is 0.161 e. The Morgan fingerprint density at radius 3 is 2.54 bits per heavy atom. The Bertz CT molecular complexity index is 1550. The first-order chi connectivity index (χ1) is 18.8. The van der Waals surface area contributed by atoms with Gasteiger partial charge in [-0.15, -0.1) is 0 Å². The number of allylic oxidation sites excluding steroid dienone is 3. The Balaban J connectivity index is 1.61. The molecule has 0 amide bonds. The van der Waals surface area contributed by atoms with E-state index in [9.17, 15) is 10.1 Å². The molecule has 0 bridgehead atoms. The zero-order valence-corrected chi connectivity index (χ0v) is 24.1. The molecular formula is C33H32ClN3OS. The molecule has 198 valence electrons. The number of aryl methyl sites for hydroxylation is 1. The van der Waals surface area contributed by atoms with Crippen LogP contribution in [0.3, 0.4) is 0 Å². The van der Waals surface area contributed by atoms with Crippen molar-refractivity contribution >= 4 is 34.8 Å². The second-order valence-electron chi connectivity index (χ2n) is 10.3. The lowest BCUT2D eigenvalue weighted by molar-refractivity contribution is -0.116. The topological polar surface area (TPSA) is 70.1 Å². The van der Waals surface area contributed by atoms with Gasteiger partial charge in [-0.25, -0.2) is 0 Å². The number of carbonyl (C=O) groups excluding carboxylic acids is 1. The number of nitrogens with zero attached hydrogens (tertiary/aromatic N) is 2. The highest BCUT2D eigenvalue weighted by molar-refractivity contribution is 7.97. The summed E-state index contributed by atoms with van der Waals surface area (Å²) in [6, 6.07) is 22.9. The van der Waals surface area contributed by atoms with Gasteiger partial charge < -0.3 is 5.73 Å². The van der Waals surface area contributed by atoms with E-state index in [2.05, 4.69) is 56.3 Å². The number of Topliss-reactive ketones (excluding diaryl/α,β-unsaturated/α-hetero) is 1. The molecule has 0 fully saturated rings. The monoisotopic (exact) mass is 553 g/mol.